The summed E-state index contributed by atoms with van der Waals surface area (Å²) in [5.74, 6) is 1.01. The van der Waals surface area contributed by atoms with Crippen molar-refractivity contribution in [2.45, 2.75) is 26.8 Å². The normalized spacial score (nSPS) is 12.3. The molecule has 4 nitrogen and oxygen atoms in total. The van der Waals surface area contributed by atoms with Crippen LogP contribution in [0.3, 0.4) is 0 Å². The number of rotatable bonds is 6. The summed E-state index contributed by atoms with van der Waals surface area (Å²) < 4.78 is 1.90. The summed E-state index contributed by atoms with van der Waals surface area (Å²) in [6.45, 7) is 7.21. The van der Waals surface area contributed by atoms with Gasteiger partial charge in [-0.3, -0.25) is 0 Å². The lowest BCUT2D eigenvalue weighted by Gasteiger charge is -2.13. The number of imidazole rings is 1. The van der Waals surface area contributed by atoms with E-state index in [-0.39, 0.29) is 0 Å². The second-order valence-corrected chi connectivity index (χ2v) is 3.82. The summed E-state index contributed by atoms with van der Waals surface area (Å²) >= 11 is 0. The van der Waals surface area contributed by atoms with E-state index in [1.807, 2.05) is 10.8 Å². The average Bonchev–Trinajstić information content (AvgIpc) is 2.65. The van der Waals surface area contributed by atoms with Gasteiger partial charge in [-0.05, 0) is 25.4 Å². The maximum absolute atomic E-state index is 8.79. The number of nitrogens with zero attached hydrogens (tertiary/aromatic N) is 3. The molecule has 0 aliphatic rings. The first-order valence-electron chi connectivity index (χ1n) is 5.39. The highest BCUT2D eigenvalue weighted by molar-refractivity contribution is 5.11. The third-order valence-electron chi connectivity index (χ3n) is 2.24. The minimum atomic E-state index is 0.498. The number of nitrogens with one attached hydrogen (secondary N) is 1. The van der Waals surface area contributed by atoms with Crippen LogP contribution in [0.4, 0.5) is 0 Å². The SMILES string of the molecule is CCCNCC(C)Cn1ccnc1C#N. The largest absolute Gasteiger partial charge is 0.322 e. The third-order valence-corrected chi connectivity index (χ3v) is 2.24. The van der Waals surface area contributed by atoms with Crippen LogP contribution < -0.4 is 5.32 Å². The molecule has 0 fully saturated rings. The fourth-order valence-electron chi connectivity index (χ4n) is 1.50. The Labute approximate surface area is 90.9 Å². The van der Waals surface area contributed by atoms with Crippen molar-refractivity contribution in [1.82, 2.24) is 14.9 Å². The molecule has 1 atom stereocenters. The minimum Gasteiger partial charge on any atom is -0.322 e. The predicted molar refractivity (Wildman–Crippen MR) is 59.3 cm³/mol. The van der Waals surface area contributed by atoms with Crippen LogP contribution in [-0.2, 0) is 6.54 Å². The Balaban J connectivity index is 2.38. The lowest BCUT2D eigenvalue weighted by molar-refractivity contribution is 0.444. The summed E-state index contributed by atoms with van der Waals surface area (Å²) in [6, 6.07) is 2.08. The van der Waals surface area contributed by atoms with E-state index < -0.39 is 0 Å². The first-order chi connectivity index (χ1) is 7.27. The third kappa shape index (κ3) is 3.72. The molecule has 1 rings (SSSR count). The van der Waals surface area contributed by atoms with Crippen LogP contribution in [0.2, 0.25) is 0 Å². The van der Waals surface area contributed by atoms with E-state index in [1.165, 1.54) is 0 Å². The lowest BCUT2D eigenvalue weighted by Crippen LogP contribution is -2.24. The second-order valence-electron chi connectivity index (χ2n) is 3.82. The van der Waals surface area contributed by atoms with Crippen molar-refractivity contribution in [2.24, 2.45) is 5.92 Å². The molecular weight excluding hydrogens is 188 g/mol. The molecule has 0 saturated carbocycles. The van der Waals surface area contributed by atoms with E-state index in [9.17, 15) is 0 Å². The minimum absolute atomic E-state index is 0.498. The Bertz CT molecular complexity index is 324. The van der Waals surface area contributed by atoms with Gasteiger partial charge in [-0.2, -0.15) is 5.26 Å². The fourth-order valence-corrected chi connectivity index (χ4v) is 1.50. The Morgan fingerprint density at radius 3 is 3.13 bits per heavy atom. The van der Waals surface area contributed by atoms with Crippen LogP contribution >= 0.6 is 0 Å². The van der Waals surface area contributed by atoms with Gasteiger partial charge in [0.1, 0.15) is 6.07 Å². The van der Waals surface area contributed by atoms with Crippen LogP contribution in [-0.4, -0.2) is 22.6 Å². The van der Waals surface area contributed by atoms with Gasteiger partial charge in [0.25, 0.3) is 0 Å². The van der Waals surface area contributed by atoms with Gasteiger partial charge in [-0.15, -0.1) is 0 Å². The number of aromatic nitrogens is 2. The molecule has 1 aromatic heterocycles. The van der Waals surface area contributed by atoms with Gasteiger partial charge in [0.05, 0.1) is 0 Å². The molecule has 1 unspecified atom stereocenters. The van der Waals surface area contributed by atoms with E-state index in [0.717, 1.165) is 26.1 Å². The zero-order valence-electron chi connectivity index (χ0n) is 9.40. The van der Waals surface area contributed by atoms with E-state index >= 15 is 0 Å². The predicted octanol–water partition coefficient (Wildman–Crippen LogP) is 1.39. The average molecular weight is 206 g/mol. The smallest absolute Gasteiger partial charge is 0.212 e. The molecule has 4 heteroatoms. The van der Waals surface area contributed by atoms with Crippen molar-refractivity contribution in [3.8, 4) is 6.07 Å². The molecule has 1 heterocycles. The van der Waals surface area contributed by atoms with Crippen LogP contribution in [0, 0.1) is 17.2 Å². The maximum atomic E-state index is 8.79. The highest BCUT2D eigenvalue weighted by Gasteiger charge is 2.06. The molecule has 82 valence electrons. The van der Waals surface area contributed by atoms with Gasteiger partial charge in [0, 0.05) is 18.9 Å². The summed E-state index contributed by atoms with van der Waals surface area (Å²) in [5.41, 5.74) is 0. The standard InChI is InChI=1S/C11H18N4/c1-3-4-13-8-10(2)9-15-6-5-14-11(15)7-12/h5-6,10,13H,3-4,8-9H2,1-2H3. The van der Waals surface area contributed by atoms with Crippen molar-refractivity contribution >= 4 is 0 Å². The van der Waals surface area contributed by atoms with Crippen LogP contribution in [0.5, 0.6) is 0 Å². The van der Waals surface area contributed by atoms with E-state index in [2.05, 4.69) is 30.2 Å². The molecule has 0 spiro atoms. The van der Waals surface area contributed by atoms with Crippen LogP contribution in [0.25, 0.3) is 0 Å². The van der Waals surface area contributed by atoms with Gasteiger partial charge in [0.15, 0.2) is 0 Å². The highest BCUT2D eigenvalue weighted by atomic mass is 15.1. The first kappa shape index (κ1) is 11.7. The summed E-state index contributed by atoms with van der Waals surface area (Å²) in [4.78, 5) is 3.97. The Hall–Kier alpha value is -1.34. The van der Waals surface area contributed by atoms with Gasteiger partial charge < -0.3 is 9.88 Å². The van der Waals surface area contributed by atoms with E-state index in [1.54, 1.807) is 6.20 Å². The zero-order valence-corrected chi connectivity index (χ0v) is 9.40. The first-order valence-corrected chi connectivity index (χ1v) is 5.39. The molecular formula is C11H18N4. The number of hydrogen-bond donors (Lipinski definition) is 1. The van der Waals surface area contributed by atoms with Gasteiger partial charge in [0.2, 0.25) is 5.82 Å². The quantitative estimate of drug-likeness (QED) is 0.716. The second kappa shape index (κ2) is 6.20. The van der Waals surface area contributed by atoms with E-state index in [4.69, 9.17) is 5.26 Å². The molecule has 0 aliphatic heterocycles. The molecule has 1 N–H and O–H groups in total. The topological polar surface area (TPSA) is 53.6 Å². The van der Waals surface area contributed by atoms with Crippen LogP contribution in [0.15, 0.2) is 12.4 Å². The monoisotopic (exact) mass is 206 g/mol. The molecule has 0 amide bonds. The van der Waals surface area contributed by atoms with Crippen molar-refractivity contribution in [1.29, 1.82) is 5.26 Å². The van der Waals surface area contributed by atoms with Crippen LogP contribution in [0.1, 0.15) is 26.1 Å². The van der Waals surface area contributed by atoms with Gasteiger partial charge in [-0.1, -0.05) is 13.8 Å². The fraction of sp³-hybridized carbons (Fsp3) is 0.636. The Morgan fingerprint density at radius 1 is 1.67 bits per heavy atom. The van der Waals surface area contributed by atoms with E-state index in [0.29, 0.717) is 11.7 Å². The van der Waals surface area contributed by atoms with Crippen molar-refractivity contribution in [3.05, 3.63) is 18.2 Å². The maximum Gasteiger partial charge on any atom is 0.212 e. The summed E-state index contributed by atoms with van der Waals surface area (Å²) in [7, 11) is 0. The van der Waals surface area contributed by atoms with Crippen molar-refractivity contribution in [2.75, 3.05) is 13.1 Å². The molecule has 0 bridgehead atoms. The summed E-state index contributed by atoms with van der Waals surface area (Å²) in [6.07, 6.45) is 4.68. The number of nitriles is 1. The molecule has 0 aliphatic carbocycles. The lowest BCUT2D eigenvalue weighted by atomic mass is 10.2. The highest BCUT2D eigenvalue weighted by Crippen LogP contribution is 2.02. The van der Waals surface area contributed by atoms with Crippen molar-refractivity contribution in [3.63, 3.8) is 0 Å². The number of hydrogen-bond acceptors (Lipinski definition) is 3. The molecule has 0 radical (unpaired) electrons. The Morgan fingerprint density at radius 2 is 2.47 bits per heavy atom. The molecule has 1 aromatic rings. The van der Waals surface area contributed by atoms with Crippen molar-refractivity contribution < 1.29 is 0 Å². The molecule has 0 aromatic carbocycles. The van der Waals surface area contributed by atoms with Gasteiger partial charge in [-0.25, -0.2) is 4.98 Å². The Kier molecular flexibility index (Phi) is 4.85. The molecule has 0 saturated heterocycles. The summed E-state index contributed by atoms with van der Waals surface area (Å²) in [5, 5.41) is 12.2. The molecule has 15 heavy (non-hydrogen) atoms. The van der Waals surface area contributed by atoms with Gasteiger partial charge >= 0.3 is 0 Å². The zero-order chi connectivity index (χ0) is 11.1.